The molecule has 7 heteroatoms. The lowest BCUT2D eigenvalue weighted by molar-refractivity contribution is -0.142. The van der Waals surface area contributed by atoms with Crippen molar-refractivity contribution < 1.29 is 18.0 Å². The number of nitrogens with zero attached hydrogens (tertiary/aromatic N) is 2. The van der Waals surface area contributed by atoms with Gasteiger partial charge in [-0.15, -0.1) is 0 Å². The smallest absolute Gasteiger partial charge is 0.326 e. The third-order valence-corrected chi connectivity index (χ3v) is 4.36. The molecule has 3 rings (SSSR count). The van der Waals surface area contributed by atoms with Gasteiger partial charge in [-0.2, -0.15) is 18.3 Å². The van der Waals surface area contributed by atoms with Crippen LogP contribution in [0.15, 0.2) is 30.3 Å². The molecule has 0 aliphatic heterocycles. The summed E-state index contributed by atoms with van der Waals surface area (Å²) in [5, 5.41) is 6.58. The maximum absolute atomic E-state index is 13.1. The van der Waals surface area contributed by atoms with Crippen LogP contribution in [0.5, 0.6) is 0 Å². The minimum absolute atomic E-state index is 0.150. The lowest BCUT2D eigenvalue weighted by Crippen LogP contribution is -2.14. The molecule has 2 aromatic rings. The van der Waals surface area contributed by atoms with Crippen molar-refractivity contribution in [2.24, 2.45) is 0 Å². The van der Waals surface area contributed by atoms with Crippen LogP contribution in [0.3, 0.4) is 0 Å². The highest BCUT2D eigenvalue weighted by molar-refractivity contribution is 5.90. The van der Waals surface area contributed by atoms with Crippen molar-refractivity contribution in [1.29, 1.82) is 0 Å². The Hall–Kier alpha value is -2.31. The van der Waals surface area contributed by atoms with E-state index in [0.29, 0.717) is 42.8 Å². The number of halogens is 3. The van der Waals surface area contributed by atoms with Crippen LogP contribution in [-0.4, -0.2) is 15.7 Å². The van der Waals surface area contributed by atoms with Crippen LogP contribution in [-0.2, 0) is 30.4 Å². The van der Waals surface area contributed by atoms with Crippen molar-refractivity contribution >= 4 is 11.6 Å². The van der Waals surface area contributed by atoms with Gasteiger partial charge in [0.15, 0.2) is 5.69 Å². The fraction of sp³-hybridized carbons (Fsp3) is 0.444. The second-order valence-electron chi connectivity index (χ2n) is 6.22. The molecule has 1 aromatic heterocycles. The van der Waals surface area contributed by atoms with Crippen LogP contribution in [0, 0.1) is 0 Å². The second-order valence-corrected chi connectivity index (χ2v) is 6.22. The van der Waals surface area contributed by atoms with Gasteiger partial charge in [0, 0.05) is 29.9 Å². The number of amides is 1. The highest BCUT2D eigenvalue weighted by Gasteiger charge is 2.39. The molecule has 25 heavy (non-hydrogen) atoms. The molecule has 134 valence electrons. The Morgan fingerprint density at radius 2 is 1.88 bits per heavy atom. The van der Waals surface area contributed by atoms with Crippen LogP contribution in [0.1, 0.15) is 42.6 Å². The highest BCUT2D eigenvalue weighted by atomic mass is 19.4. The van der Waals surface area contributed by atoms with E-state index in [2.05, 4.69) is 10.4 Å². The molecule has 0 unspecified atom stereocenters. The molecule has 0 spiro atoms. The van der Waals surface area contributed by atoms with Gasteiger partial charge in [-0.05, 0) is 44.2 Å². The molecule has 0 saturated carbocycles. The number of carbonyl (C=O) groups excluding carboxylic acids is 1. The number of aromatic nitrogens is 2. The topological polar surface area (TPSA) is 46.9 Å². The number of carbonyl (C=O) groups is 1. The largest absolute Gasteiger partial charge is 0.435 e. The van der Waals surface area contributed by atoms with E-state index in [1.807, 2.05) is 18.2 Å². The molecular formula is C18H20F3N3O. The van der Waals surface area contributed by atoms with Crippen molar-refractivity contribution in [2.45, 2.75) is 51.2 Å². The van der Waals surface area contributed by atoms with Gasteiger partial charge in [0.1, 0.15) is 0 Å². The van der Waals surface area contributed by atoms with E-state index in [1.54, 1.807) is 12.1 Å². The summed E-state index contributed by atoms with van der Waals surface area (Å²) in [4.78, 5) is 11.9. The maximum atomic E-state index is 13.1. The third kappa shape index (κ3) is 4.21. The van der Waals surface area contributed by atoms with Gasteiger partial charge in [0.25, 0.3) is 0 Å². The molecule has 1 heterocycles. The minimum Gasteiger partial charge on any atom is -0.326 e. The molecule has 4 nitrogen and oxygen atoms in total. The zero-order valence-electron chi connectivity index (χ0n) is 13.8. The fourth-order valence-electron chi connectivity index (χ4n) is 3.22. The van der Waals surface area contributed by atoms with Crippen LogP contribution >= 0.6 is 0 Å². The summed E-state index contributed by atoms with van der Waals surface area (Å²) >= 11 is 0. The Morgan fingerprint density at radius 1 is 1.16 bits per heavy atom. The van der Waals surface area contributed by atoms with E-state index in [0.717, 1.165) is 12.8 Å². The average Bonchev–Trinajstić information content (AvgIpc) is 2.95. The SMILES string of the molecule is O=C(CCCn1nc(C(F)(F)F)c2c1CCCC2)Nc1ccccc1. The van der Waals surface area contributed by atoms with E-state index in [-0.39, 0.29) is 12.3 Å². The number of nitrogens with one attached hydrogen (secondary N) is 1. The van der Waals surface area contributed by atoms with Gasteiger partial charge in [-0.3, -0.25) is 9.48 Å². The molecule has 1 aromatic carbocycles. The number of aryl methyl sites for hydroxylation is 1. The van der Waals surface area contributed by atoms with Crippen LogP contribution in [0.25, 0.3) is 0 Å². The second kappa shape index (κ2) is 7.29. The van der Waals surface area contributed by atoms with Crippen LogP contribution in [0.4, 0.5) is 18.9 Å². The summed E-state index contributed by atoms with van der Waals surface area (Å²) in [7, 11) is 0. The Kier molecular flexibility index (Phi) is 5.11. The molecule has 0 bridgehead atoms. The van der Waals surface area contributed by atoms with Gasteiger partial charge < -0.3 is 5.32 Å². The maximum Gasteiger partial charge on any atom is 0.435 e. The van der Waals surface area contributed by atoms with Crippen molar-refractivity contribution in [1.82, 2.24) is 9.78 Å². The number of benzene rings is 1. The van der Waals surface area contributed by atoms with Crippen molar-refractivity contribution in [3.63, 3.8) is 0 Å². The molecule has 1 N–H and O–H groups in total. The lowest BCUT2D eigenvalue weighted by Gasteiger charge is -2.14. The van der Waals surface area contributed by atoms with Gasteiger partial charge in [0.05, 0.1) is 0 Å². The number of anilines is 1. The Balaban J connectivity index is 1.62. The molecule has 0 atom stereocenters. The van der Waals surface area contributed by atoms with Gasteiger partial charge >= 0.3 is 6.18 Å². The number of fused-ring (bicyclic) bond motifs is 1. The molecule has 0 saturated heterocycles. The van der Waals surface area contributed by atoms with Gasteiger partial charge in [-0.1, -0.05) is 18.2 Å². The summed E-state index contributed by atoms with van der Waals surface area (Å²) in [6.07, 6.45) is -1.04. The molecule has 0 radical (unpaired) electrons. The van der Waals surface area contributed by atoms with E-state index < -0.39 is 11.9 Å². The third-order valence-electron chi connectivity index (χ3n) is 4.36. The average molecular weight is 351 g/mol. The number of hydrogen-bond donors (Lipinski definition) is 1. The van der Waals surface area contributed by atoms with Crippen LogP contribution < -0.4 is 5.32 Å². The Bertz CT molecular complexity index is 738. The minimum atomic E-state index is -4.42. The molecule has 0 fully saturated rings. The van der Waals surface area contributed by atoms with E-state index in [4.69, 9.17) is 0 Å². The van der Waals surface area contributed by atoms with Crippen molar-refractivity contribution in [3.8, 4) is 0 Å². The van der Waals surface area contributed by atoms with E-state index in [1.165, 1.54) is 4.68 Å². The predicted molar refractivity (Wildman–Crippen MR) is 88.2 cm³/mol. The standard InChI is InChI=1S/C18H20F3N3O/c19-18(20,21)17-14-9-4-5-10-15(14)24(23-17)12-6-11-16(25)22-13-7-2-1-3-8-13/h1-3,7-8H,4-6,9-12H2,(H,22,25). The van der Waals surface area contributed by atoms with Crippen molar-refractivity contribution in [2.75, 3.05) is 5.32 Å². The van der Waals surface area contributed by atoms with E-state index >= 15 is 0 Å². The van der Waals surface area contributed by atoms with Gasteiger partial charge in [-0.25, -0.2) is 0 Å². The summed E-state index contributed by atoms with van der Waals surface area (Å²) in [6, 6.07) is 9.08. The highest BCUT2D eigenvalue weighted by Crippen LogP contribution is 2.35. The monoisotopic (exact) mass is 351 g/mol. The number of rotatable bonds is 5. The first-order valence-electron chi connectivity index (χ1n) is 8.46. The molecule has 1 aliphatic rings. The summed E-state index contributed by atoms with van der Waals surface area (Å²) in [5.41, 5.74) is 0.980. The molecular weight excluding hydrogens is 331 g/mol. The number of hydrogen-bond acceptors (Lipinski definition) is 2. The molecule has 1 amide bonds. The summed E-state index contributed by atoms with van der Waals surface area (Å²) in [5.74, 6) is -0.150. The quantitative estimate of drug-likeness (QED) is 0.878. The van der Waals surface area contributed by atoms with Crippen molar-refractivity contribution in [3.05, 3.63) is 47.3 Å². The zero-order chi connectivity index (χ0) is 17.9. The molecule has 1 aliphatic carbocycles. The summed E-state index contributed by atoms with van der Waals surface area (Å²) in [6.45, 7) is 0.320. The Morgan fingerprint density at radius 3 is 2.60 bits per heavy atom. The first-order chi connectivity index (χ1) is 11.9. The van der Waals surface area contributed by atoms with Gasteiger partial charge in [0.2, 0.25) is 5.91 Å². The first-order valence-corrected chi connectivity index (χ1v) is 8.46. The normalized spacial score (nSPS) is 14.2. The van der Waals surface area contributed by atoms with Crippen LogP contribution in [0.2, 0.25) is 0 Å². The predicted octanol–water partition coefficient (Wildman–Crippen LogP) is 4.20. The fourth-order valence-corrected chi connectivity index (χ4v) is 3.22. The zero-order valence-corrected chi connectivity index (χ0v) is 13.8. The lowest BCUT2D eigenvalue weighted by atomic mass is 9.95. The number of para-hydroxylation sites is 1. The van der Waals surface area contributed by atoms with E-state index in [9.17, 15) is 18.0 Å². The number of alkyl halides is 3. The Labute approximate surface area is 144 Å². The first kappa shape index (κ1) is 17.5. The summed E-state index contributed by atoms with van der Waals surface area (Å²) < 4.78 is 40.9.